The molecule has 0 saturated carbocycles. The second kappa shape index (κ2) is 7.34. The van der Waals surface area contributed by atoms with E-state index in [1.807, 2.05) is 0 Å². The summed E-state index contributed by atoms with van der Waals surface area (Å²) >= 11 is 0. The SMILES string of the molecule is CCCN1CCC(NCCC2CCOC2)CC1. The largest absolute Gasteiger partial charge is 0.381 e. The van der Waals surface area contributed by atoms with Crippen LogP contribution in [0.15, 0.2) is 0 Å². The fourth-order valence-electron chi connectivity index (χ4n) is 2.98. The summed E-state index contributed by atoms with van der Waals surface area (Å²) in [5, 5.41) is 3.73. The first-order valence-corrected chi connectivity index (χ1v) is 7.42. The summed E-state index contributed by atoms with van der Waals surface area (Å²) in [6.45, 7) is 9.30. The third kappa shape index (κ3) is 4.57. The lowest BCUT2D eigenvalue weighted by atomic mass is 10.0. The van der Waals surface area contributed by atoms with Crippen LogP contribution in [0, 0.1) is 5.92 Å². The van der Waals surface area contributed by atoms with Gasteiger partial charge in [-0.1, -0.05) is 6.92 Å². The Bertz CT molecular complexity index is 196. The third-order valence-electron chi connectivity index (χ3n) is 4.14. The van der Waals surface area contributed by atoms with Crippen molar-refractivity contribution >= 4 is 0 Å². The number of ether oxygens (including phenoxy) is 1. The van der Waals surface area contributed by atoms with Gasteiger partial charge in [0, 0.05) is 19.3 Å². The van der Waals surface area contributed by atoms with Crippen molar-refractivity contribution in [2.75, 3.05) is 39.4 Å². The van der Waals surface area contributed by atoms with Crippen molar-refractivity contribution in [1.29, 1.82) is 0 Å². The van der Waals surface area contributed by atoms with Crippen molar-refractivity contribution in [3.05, 3.63) is 0 Å². The maximum Gasteiger partial charge on any atom is 0.0495 e. The zero-order valence-electron chi connectivity index (χ0n) is 11.3. The molecule has 1 unspecified atom stereocenters. The van der Waals surface area contributed by atoms with Crippen molar-refractivity contribution in [2.45, 2.75) is 45.1 Å². The Labute approximate surface area is 106 Å². The van der Waals surface area contributed by atoms with Crippen LogP contribution in [-0.2, 0) is 4.74 Å². The van der Waals surface area contributed by atoms with Crippen LogP contribution in [-0.4, -0.2) is 50.3 Å². The normalized spacial score (nSPS) is 27.7. The Kier molecular flexibility index (Phi) is 5.75. The predicted octanol–water partition coefficient (Wildman–Crippen LogP) is 1.88. The molecule has 17 heavy (non-hydrogen) atoms. The highest BCUT2D eigenvalue weighted by atomic mass is 16.5. The molecule has 3 heteroatoms. The molecule has 2 aliphatic heterocycles. The Morgan fingerprint density at radius 2 is 2.06 bits per heavy atom. The van der Waals surface area contributed by atoms with Crippen LogP contribution in [0.5, 0.6) is 0 Å². The van der Waals surface area contributed by atoms with Crippen LogP contribution in [0.2, 0.25) is 0 Å². The van der Waals surface area contributed by atoms with Crippen molar-refractivity contribution in [2.24, 2.45) is 5.92 Å². The summed E-state index contributed by atoms with van der Waals surface area (Å²) in [4.78, 5) is 2.60. The fraction of sp³-hybridized carbons (Fsp3) is 1.00. The highest BCUT2D eigenvalue weighted by molar-refractivity contribution is 4.77. The average Bonchev–Trinajstić information content (AvgIpc) is 2.85. The van der Waals surface area contributed by atoms with E-state index in [1.165, 1.54) is 58.3 Å². The van der Waals surface area contributed by atoms with E-state index < -0.39 is 0 Å². The van der Waals surface area contributed by atoms with Gasteiger partial charge in [-0.2, -0.15) is 0 Å². The lowest BCUT2D eigenvalue weighted by Gasteiger charge is -2.32. The molecule has 0 aliphatic carbocycles. The topological polar surface area (TPSA) is 24.5 Å². The highest BCUT2D eigenvalue weighted by Gasteiger charge is 2.19. The molecule has 0 amide bonds. The van der Waals surface area contributed by atoms with E-state index in [0.29, 0.717) is 0 Å². The number of rotatable bonds is 6. The number of hydrogen-bond donors (Lipinski definition) is 1. The molecule has 2 fully saturated rings. The summed E-state index contributed by atoms with van der Waals surface area (Å²) < 4.78 is 5.41. The lowest BCUT2D eigenvalue weighted by Crippen LogP contribution is -2.43. The minimum Gasteiger partial charge on any atom is -0.381 e. The molecule has 0 aromatic carbocycles. The van der Waals surface area contributed by atoms with Gasteiger partial charge in [-0.25, -0.2) is 0 Å². The summed E-state index contributed by atoms with van der Waals surface area (Å²) in [5.41, 5.74) is 0. The maximum absolute atomic E-state index is 5.41. The van der Waals surface area contributed by atoms with Gasteiger partial charge in [-0.15, -0.1) is 0 Å². The van der Waals surface area contributed by atoms with Crippen molar-refractivity contribution in [3.63, 3.8) is 0 Å². The summed E-state index contributed by atoms with van der Waals surface area (Å²) in [7, 11) is 0. The quantitative estimate of drug-likeness (QED) is 0.767. The van der Waals surface area contributed by atoms with Crippen LogP contribution in [0.25, 0.3) is 0 Å². The van der Waals surface area contributed by atoms with E-state index in [1.54, 1.807) is 0 Å². The molecular weight excluding hydrogens is 212 g/mol. The molecule has 1 atom stereocenters. The van der Waals surface area contributed by atoms with Crippen LogP contribution in [0.1, 0.15) is 39.0 Å². The summed E-state index contributed by atoms with van der Waals surface area (Å²) in [6.07, 6.45) is 6.54. The Morgan fingerprint density at radius 3 is 2.71 bits per heavy atom. The fourth-order valence-corrected chi connectivity index (χ4v) is 2.98. The van der Waals surface area contributed by atoms with Gasteiger partial charge in [0.05, 0.1) is 0 Å². The van der Waals surface area contributed by atoms with E-state index in [-0.39, 0.29) is 0 Å². The second-order valence-corrected chi connectivity index (χ2v) is 5.59. The Hall–Kier alpha value is -0.120. The Balaban J connectivity index is 1.52. The van der Waals surface area contributed by atoms with E-state index in [2.05, 4.69) is 17.1 Å². The van der Waals surface area contributed by atoms with Crippen molar-refractivity contribution < 1.29 is 4.74 Å². The van der Waals surface area contributed by atoms with E-state index in [4.69, 9.17) is 4.74 Å². The van der Waals surface area contributed by atoms with Crippen molar-refractivity contribution in [3.8, 4) is 0 Å². The monoisotopic (exact) mass is 240 g/mol. The van der Waals surface area contributed by atoms with Gasteiger partial charge in [0.15, 0.2) is 0 Å². The Morgan fingerprint density at radius 1 is 1.24 bits per heavy atom. The first-order valence-electron chi connectivity index (χ1n) is 7.42. The number of nitrogens with one attached hydrogen (secondary N) is 1. The highest BCUT2D eigenvalue weighted by Crippen LogP contribution is 2.16. The van der Waals surface area contributed by atoms with E-state index >= 15 is 0 Å². The number of nitrogens with zero attached hydrogens (tertiary/aromatic N) is 1. The molecule has 2 aliphatic rings. The summed E-state index contributed by atoms with van der Waals surface area (Å²) in [6, 6.07) is 0.769. The second-order valence-electron chi connectivity index (χ2n) is 5.59. The molecule has 0 radical (unpaired) electrons. The van der Waals surface area contributed by atoms with Gasteiger partial charge in [-0.3, -0.25) is 0 Å². The molecule has 2 saturated heterocycles. The van der Waals surface area contributed by atoms with Gasteiger partial charge in [0.2, 0.25) is 0 Å². The molecule has 0 bridgehead atoms. The third-order valence-corrected chi connectivity index (χ3v) is 4.14. The average molecular weight is 240 g/mol. The molecular formula is C14H28N2O. The molecule has 2 heterocycles. The molecule has 3 nitrogen and oxygen atoms in total. The van der Waals surface area contributed by atoms with Crippen LogP contribution in [0.4, 0.5) is 0 Å². The maximum atomic E-state index is 5.41. The first-order chi connectivity index (χ1) is 8.38. The van der Waals surface area contributed by atoms with E-state index in [9.17, 15) is 0 Å². The zero-order valence-corrected chi connectivity index (χ0v) is 11.3. The number of hydrogen-bond acceptors (Lipinski definition) is 3. The first kappa shape index (κ1) is 13.3. The molecule has 2 rings (SSSR count). The minimum absolute atomic E-state index is 0.769. The van der Waals surface area contributed by atoms with Gasteiger partial charge >= 0.3 is 0 Å². The van der Waals surface area contributed by atoms with Gasteiger partial charge in [0.1, 0.15) is 0 Å². The van der Waals surface area contributed by atoms with Gasteiger partial charge in [-0.05, 0) is 64.2 Å². The number of piperidine rings is 1. The van der Waals surface area contributed by atoms with Crippen LogP contribution < -0.4 is 5.32 Å². The molecule has 0 aromatic rings. The predicted molar refractivity (Wildman–Crippen MR) is 71.3 cm³/mol. The van der Waals surface area contributed by atoms with Crippen LogP contribution >= 0.6 is 0 Å². The molecule has 1 N–H and O–H groups in total. The number of likely N-dealkylation sites (tertiary alicyclic amines) is 1. The molecule has 0 aromatic heterocycles. The van der Waals surface area contributed by atoms with Gasteiger partial charge < -0.3 is 15.0 Å². The smallest absolute Gasteiger partial charge is 0.0495 e. The minimum atomic E-state index is 0.769. The summed E-state index contributed by atoms with van der Waals surface area (Å²) in [5.74, 6) is 0.822. The van der Waals surface area contributed by atoms with Gasteiger partial charge in [0.25, 0.3) is 0 Å². The zero-order chi connectivity index (χ0) is 11.9. The van der Waals surface area contributed by atoms with Crippen LogP contribution in [0.3, 0.4) is 0 Å². The van der Waals surface area contributed by atoms with Crippen molar-refractivity contribution in [1.82, 2.24) is 10.2 Å². The molecule has 0 spiro atoms. The van der Waals surface area contributed by atoms with E-state index in [0.717, 1.165) is 25.2 Å². The standard InChI is InChI=1S/C14H28N2O/c1-2-8-16-9-4-14(5-10-16)15-7-3-13-6-11-17-12-13/h13-15H,2-12H2,1H3. The lowest BCUT2D eigenvalue weighted by molar-refractivity contribution is 0.180. The molecule has 100 valence electrons.